The van der Waals surface area contributed by atoms with Gasteiger partial charge < -0.3 is 4.90 Å². The van der Waals surface area contributed by atoms with Gasteiger partial charge in [0, 0.05) is 38.6 Å². The minimum atomic E-state index is -3.09. The summed E-state index contributed by atoms with van der Waals surface area (Å²) in [6, 6.07) is 0. The van der Waals surface area contributed by atoms with Gasteiger partial charge in [0.2, 0.25) is 16.0 Å². The topological polar surface area (TPSA) is 66.4 Å². The highest BCUT2D eigenvalue weighted by molar-refractivity contribution is 9.10. The third kappa shape index (κ3) is 3.64. The van der Waals surface area contributed by atoms with E-state index in [2.05, 4.69) is 25.9 Å². The Hall–Kier alpha value is -0.730. The van der Waals surface area contributed by atoms with E-state index in [1.165, 1.54) is 0 Å². The number of rotatable bonds is 4. The molecule has 0 bridgehead atoms. The second kappa shape index (κ2) is 6.15. The summed E-state index contributed by atoms with van der Waals surface area (Å²) in [6.45, 7) is 4.14. The van der Waals surface area contributed by atoms with Gasteiger partial charge in [-0.3, -0.25) is 0 Å². The summed E-state index contributed by atoms with van der Waals surface area (Å²) in [6.07, 6.45) is 4.05. The Labute approximate surface area is 122 Å². The van der Waals surface area contributed by atoms with E-state index >= 15 is 0 Å². The van der Waals surface area contributed by atoms with Crippen LogP contribution in [-0.2, 0) is 10.0 Å². The van der Waals surface area contributed by atoms with Gasteiger partial charge in [-0.1, -0.05) is 6.92 Å². The van der Waals surface area contributed by atoms with E-state index in [0.29, 0.717) is 38.5 Å². The van der Waals surface area contributed by atoms with Crippen molar-refractivity contribution >= 4 is 31.9 Å². The Bertz CT molecular complexity index is 512. The molecule has 0 aliphatic carbocycles. The molecule has 106 valence electrons. The van der Waals surface area contributed by atoms with Crippen LogP contribution in [0.2, 0.25) is 0 Å². The van der Waals surface area contributed by atoms with E-state index in [1.807, 2.05) is 11.8 Å². The maximum absolute atomic E-state index is 11.9. The lowest BCUT2D eigenvalue weighted by molar-refractivity contribution is 0.382. The highest BCUT2D eigenvalue weighted by atomic mass is 79.9. The largest absolute Gasteiger partial charge is 0.338 e. The molecule has 0 atom stereocenters. The number of nitrogens with zero attached hydrogens (tertiary/aromatic N) is 4. The van der Waals surface area contributed by atoms with Crippen molar-refractivity contribution in [3.63, 3.8) is 0 Å². The molecule has 1 aromatic rings. The fraction of sp³-hybridized carbons (Fsp3) is 0.636. The molecule has 2 heterocycles. The van der Waals surface area contributed by atoms with Crippen LogP contribution in [0, 0.1) is 0 Å². The van der Waals surface area contributed by atoms with Gasteiger partial charge in [0.25, 0.3) is 0 Å². The number of sulfonamides is 1. The Morgan fingerprint density at radius 1 is 1.21 bits per heavy atom. The smallest absolute Gasteiger partial charge is 0.225 e. The van der Waals surface area contributed by atoms with Crippen LogP contribution in [-0.4, -0.2) is 54.6 Å². The number of halogens is 1. The lowest BCUT2D eigenvalue weighted by Crippen LogP contribution is -2.49. The average Bonchev–Trinajstić information content (AvgIpc) is 2.40. The van der Waals surface area contributed by atoms with Crippen molar-refractivity contribution in [1.82, 2.24) is 14.3 Å². The predicted molar refractivity (Wildman–Crippen MR) is 77.6 cm³/mol. The number of anilines is 1. The van der Waals surface area contributed by atoms with Crippen LogP contribution in [0.4, 0.5) is 5.95 Å². The predicted octanol–water partition coefficient (Wildman–Crippen LogP) is 1.10. The quantitative estimate of drug-likeness (QED) is 0.815. The zero-order chi connectivity index (χ0) is 13.9. The molecule has 2 rings (SSSR count). The first kappa shape index (κ1) is 14.7. The van der Waals surface area contributed by atoms with E-state index in [9.17, 15) is 8.42 Å². The van der Waals surface area contributed by atoms with E-state index in [1.54, 1.807) is 16.7 Å². The summed E-state index contributed by atoms with van der Waals surface area (Å²) in [5.74, 6) is 0.873. The molecule has 19 heavy (non-hydrogen) atoms. The van der Waals surface area contributed by atoms with E-state index in [0.717, 1.165) is 4.47 Å². The summed E-state index contributed by atoms with van der Waals surface area (Å²) in [5.41, 5.74) is 0. The fourth-order valence-corrected chi connectivity index (χ4v) is 3.72. The van der Waals surface area contributed by atoms with Crippen LogP contribution in [0.1, 0.15) is 13.3 Å². The molecule has 0 aromatic carbocycles. The second-order valence-corrected chi connectivity index (χ2v) is 7.41. The first-order valence-corrected chi connectivity index (χ1v) is 8.63. The van der Waals surface area contributed by atoms with Gasteiger partial charge in [0.1, 0.15) is 0 Å². The minimum Gasteiger partial charge on any atom is -0.338 e. The molecule has 0 amide bonds. The Morgan fingerprint density at radius 3 is 2.32 bits per heavy atom. The van der Waals surface area contributed by atoms with Gasteiger partial charge in [-0.15, -0.1) is 0 Å². The number of hydrogen-bond donors (Lipinski definition) is 0. The molecule has 6 nitrogen and oxygen atoms in total. The zero-order valence-corrected chi connectivity index (χ0v) is 13.2. The number of hydrogen-bond acceptors (Lipinski definition) is 5. The van der Waals surface area contributed by atoms with E-state index in [-0.39, 0.29) is 5.75 Å². The second-order valence-electron chi connectivity index (χ2n) is 4.40. The highest BCUT2D eigenvalue weighted by Gasteiger charge is 2.26. The Morgan fingerprint density at radius 2 is 1.79 bits per heavy atom. The van der Waals surface area contributed by atoms with Gasteiger partial charge in [-0.2, -0.15) is 4.31 Å². The molecular formula is C11H17BrN4O2S. The Kier molecular flexibility index (Phi) is 4.75. The molecular weight excluding hydrogens is 332 g/mol. The minimum absolute atomic E-state index is 0.224. The molecule has 1 aromatic heterocycles. The van der Waals surface area contributed by atoms with Crippen LogP contribution in [0.3, 0.4) is 0 Å². The van der Waals surface area contributed by atoms with Crippen LogP contribution in [0.15, 0.2) is 16.9 Å². The number of aromatic nitrogens is 2. The Balaban J connectivity index is 1.98. The van der Waals surface area contributed by atoms with Crippen molar-refractivity contribution in [3.05, 3.63) is 16.9 Å². The van der Waals surface area contributed by atoms with Crippen molar-refractivity contribution in [2.24, 2.45) is 0 Å². The molecule has 8 heteroatoms. The third-order valence-electron chi connectivity index (χ3n) is 2.98. The fourth-order valence-electron chi connectivity index (χ4n) is 2.02. The molecule has 0 saturated carbocycles. The van der Waals surface area contributed by atoms with E-state index in [4.69, 9.17) is 0 Å². The highest BCUT2D eigenvalue weighted by Crippen LogP contribution is 2.15. The SMILES string of the molecule is CCCS(=O)(=O)N1CCN(c2ncc(Br)cn2)CC1. The van der Waals surface area contributed by atoms with Gasteiger partial charge >= 0.3 is 0 Å². The van der Waals surface area contributed by atoms with Gasteiger partial charge in [-0.25, -0.2) is 18.4 Å². The average molecular weight is 349 g/mol. The van der Waals surface area contributed by atoms with Gasteiger partial charge in [0.05, 0.1) is 10.2 Å². The standard InChI is InChI=1S/C11H17BrN4O2S/c1-2-7-19(17,18)16-5-3-15(4-6-16)11-13-8-10(12)9-14-11/h8-9H,2-7H2,1H3. The molecule has 0 spiro atoms. The first-order valence-electron chi connectivity index (χ1n) is 6.23. The molecule has 1 saturated heterocycles. The summed E-state index contributed by atoms with van der Waals surface area (Å²) in [7, 11) is -3.09. The monoisotopic (exact) mass is 348 g/mol. The van der Waals surface area contributed by atoms with Crippen LogP contribution in [0.5, 0.6) is 0 Å². The van der Waals surface area contributed by atoms with Crippen LogP contribution >= 0.6 is 15.9 Å². The molecule has 1 aliphatic heterocycles. The van der Waals surface area contributed by atoms with Crippen molar-refractivity contribution in [3.8, 4) is 0 Å². The van der Waals surface area contributed by atoms with Crippen molar-refractivity contribution in [1.29, 1.82) is 0 Å². The molecule has 0 radical (unpaired) electrons. The molecule has 0 N–H and O–H groups in total. The van der Waals surface area contributed by atoms with Gasteiger partial charge in [-0.05, 0) is 22.4 Å². The summed E-state index contributed by atoms with van der Waals surface area (Å²) < 4.78 is 26.3. The first-order chi connectivity index (χ1) is 9.03. The zero-order valence-electron chi connectivity index (χ0n) is 10.8. The molecule has 0 unspecified atom stereocenters. The lowest BCUT2D eigenvalue weighted by Gasteiger charge is -2.33. The molecule has 1 fully saturated rings. The number of piperazine rings is 1. The maximum Gasteiger partial charge on any atom is 0.225 e. The lowest BCUT2D eigenvalue weighted by atomic mass is 10.4. The van der Waals surface area contributed by atoms with Crippen molar-refractivity contribution in [2.75, 3.05) is 36.8 Å². The molecule has 1 aliphatic rings. The summed E-state index contributed by atoms with van der Waals surface area (Å²) in [4.78, 5) is 10.5. The maximum atomic E-state index is 11.9. The van der Waals surface area contributed by atoms with E-state index < -0.39 is 10.0 Å². The van der Waals surface area contributed by atoms with Crippen molar-refractivity contribution in [2.45, 2.75) is 13.3 Å². The van der Waals surface area contributed by atoms with Crippen LogP contribution in [0.25, 0.3) is 0 Å². The normalized spacial score (nSPS) is 17.7. The third-order valence-corrected chi connectivity index (χ3v) is 5.47. The van der Waals surface area contributed by atoms with Gasteiger partial charge in [0.15, 0.2) is 0 Å². The summed E-state index contributed by atoms with van der Waals surface area (Å²) in [5, 5.41) is 0. The van der Waals surface area contributed by atoms with Crippen molar-refractivity contribution < 1.29 is 8.42 Å². The van der Waals surface area contributed by atoms with Crippen LogP contribution < -0.4 is 4.90 Å². The summed E-state index contributed by atoms with van der Waals surface area (Å²) >= 11 is 3.29.